The van der Waals surface area contributed by atoms with Crippen LogP contribution in [0.15, 0.2) is 12.2 Å². The minimum Gasteiger partial charge on any atom is -0.456 e. The highest BCUT2D eigenvalue weighted by molar-refractivity contribution is 5.87. The van der Waals surface area contributed by atoms with Gasteiger partial charge in [-0.3, -0.25) is 0 Å². The Labute approximate surface area is 224 Å². The van der Waals surface area contributed by atoms with Gasteiger partial charge >= 0.3 is 17.9 Å². The lowest BCUT2D eigenvalue weighted by Gasteiger charge is -2.61. The third-order valence-corrected chi connectivity index (χ3v) is 10.6. The zero-order chi connectivity index (χ0) is 27.1. The molecule has 5 atom stereocenters. The van der Waals surface area contributed by atoms with Crippen molar-refractivity contribution in [3.05, 3.63) is 12.2 Å². The second-order valence-electron chi connectivity index (χ2n) is 14.2. The van der Waals surface area contributed by atoms with Gasteiger partial charge in [0.15, 0.2) is 6.29 Å². The molecule has 5 unspecified atom stereocenters. The molecule has 0 saturated heterocycles. The van der Waals surface area contributed by atoms with Crippen molar-refractivity contribution in [1.82, 2.24) is 0 Å². The van der Waals surface area contributed by atoms with Gasteiger partial charge in [0.25, 0.3) is 0 Å². The number of hydrogen-bond donors (Lipinski definition) is 0. The summed E-state index contributed by atoms with van der Waals surface area (Å²) >= 11 is 0. The summed E-state index contributed by atoms with van der Waals surface area (Å²) in [6, 6.07) is 0. The van der Waals surface area contributed by atoms with Gasteiger partial charge < -0.3 is 18.9 Å². The second-order valence-corrected chi connectivity index (χ2v) is 14.2. The smallest absolute Gasteiger partial charge is 0.377 e. The Hall–Kier alpha value is -1.54. The number of esters is 2. The molecule has 8 heteroatoms. The van der Waals surface area contributed by atoms with E-state index in [1.165, 1.54) is 6.42 Å². The highest BCUT2D eigenvalue weighted by atomic mass is 19.3. The minimum atomic E-state index is -3.47. The number of halogens is 2. The van der Waals surface area contributed by atoms with Crippen LogP contribution in [0, 0.1) is 35.0 Å². The quantitative estimate of drug-likeness (QED) is 0.205. The SMILES string of the molecule is C=C(C)C(=O)OC12CC3CC(CC(COC(C)OC4C5CC6CC4CC(OC(=O)C(C)(F)F)(C6)C5)(C3)C1)C2. The van der Waals surface area contributed by atoms with E-state index in [2.05, 4.69) is 6.58 Å². The highest BCUT2D eigenvalue weighted by Crippen LogP contribution is 2.63. The fourth-order valence-electron chi connectivity index (χ4n) is 10.0. The Morgan fingerprint density at radius 2 is 1.53 bits per heavy atom. The number of ether oxygens (including phenoxy) is 4. The van der Waals surface area contributed by atoms with Crippen molar-refractivity contribution in [2.75, 3.05) is 6.61 Å². The van der Waals surface area contributed by atoms with Crippen molar-refractivity contribution in [3.63, 3.8) is 0 Å². The molecule has 0 aromatic heterocycles. The minimum absolute atomic E-state index is 0.00473. The first kappa shape index (κ1) is 26.7. The van der Waals surface area contributed by atoms with Gasteiger partial charge in [-0.05, 0) is 119 Å². The largest absolute Gasteiger partial charge is 0.456 e. The summed E-state index contributed by atoms with van der Waals surface area (Å²) in [5.74, 6) is -3.26. The van der Waals surface area contributed by atoms with Crippen molar-refractivity contribution in [3.8, 4) is 0 Å². The number of hydrogen-bond acceptors (Lipinski definition) is 6. The lowest BCUT2D eigenvalue weighted by Crippen LogP contribution is -2.60. The van der Waals surface area contributed by atoms with Crippen LogP contribution in [-0.4, -0.2) is 48.1 Å². The third-order valence-electron chi connectivity index (χ3n) is 10.6. The van der Waals surface area contributed by atoms with E-state index in [1.807, 2.05) is 6.92 Å². The molecule has 0 amide bonds. The molecule has 0 aromatic carbocycles. The van der Waals surface area contributed by atoms with Crippen LogP contribution in [-0.2, 0) is 28.5 Å². The molecule has 212 valence electrons. The van der Waals surface area contributed by atoms with Crippen LogP contribution < -0.4 is 0 Å². The Balaban J connectivity index is 1.07. The molecule has 0 aromatic rings. The molecule has 8 fully saturated rings. The van der Waals surface area contributed by atoms with Crippen molar-refractivity contribution >= 4 is 11.9 Å². The van der Waals surface area contributed by atoms with Gasteiger partial charge in [0.2, 0.25) is 0 Å². The Bertz CT molecular complexity index is 973. The molecule has 0 heterocycles. The zero-order valence-electron chi connectivity index (χ0n) is 22.9. The Morgan fingerprint density at radius 3 is 2.11 bits per heavy atom. The van der Waals surface area contributed by atoms with E-state index in [1.54, 1.807) is 6.92 Å². The van der Waals surface area contributed by atoms with Crippen LogP contribution >= 0.6 is 0 Å². The maximum absolute atomic E-state index is 13.6. The lowest BCUT2D eigenvalue weighted by molar-refractivity contribution is -0.267. The van der Waals surface area contributed by atoms with E-state index in [0.29, 0.717) is 56.1 Å². The average Bonchev–Trinajstić information content (AvgIpc) is 2.77. The molecule has 38 heavy (non-hydrogen) atoms. The van der Waals surface area contributed by atoms with Crippen LogP contribution in [0.3, 0.4) is 0 Å². The van der Waals surface area contributed by atoms with Crippen LogP contribution in [0.5, 0.6) is 0 Å². The van der Waals surface area contributed by atoms with Crippen molar-refractivity contribution in [1.29, 1.82) is 0 Å². The second kappa shape index (κ2) is 8.98. The summed E-state index contributed by atoms with van der Waals surface area (Å²) in [4.78, 5) is 24.4. The molecule has 0 N–H and O–H groups in total. The fraction of sp³-hybridized carbons (Fsp3) is 0.867. The predicted octanol–water partition coefficient (Wildman–Crippen LogP) is 5.97. The van der Waals surface area contributed by atoms with Gasteiger partial charge in [-0.25, -0.2) is 9.59 Å². The molecule has 8 bridgehead atoms. The van der Waals surface area contributed by atoms with Gasteiger partial charge in [-0.15, -0.1) is 0 Å². The van der Waals surface area contributed by atoms with E-state index < -0.39 is 29.4 Å². The summed E-state index contributed by atoms with van der Waals surface area (Å²) in [7, 11) is 0. The van der Waals surface area contributed by atoms with Crippen molar-refractivity contribution < 1.29 is 37.3 Å². The van der Waals surface area contributed by atoms with E-state index in [0.717, 1.165) is 44.9 Å². The lowest BCUT2D eigenvalue weighted by atomic mass is 9.48. The van der Waals surface area contributed by atoms with E-state index in [-0.39, 0.29) is 29.3 Å². The fourth-order valence-corrected chi connectivity index (χ4v) is 10.0. The first-order valence-electron chi connectivity index (χ1n) is 14.5. The van der Waals surface area contributed by atoms with Gasteiger partial charge in [0.05, 0.1) is 12.7 Å². The van der Waals surface area contributed by atoms with Gasteiger partial charge in [-0.1, -0.05) is 6.58 Å². The molecule has 0 radical (unpaired) electrons. The average molecular weight is 537 g/mol. The monoisotopic (exact) mass is 536 g/mol. The van der Waals surface area contributed by atoms with Crippen LogP contribution in [0.1, 0.15) is 91.4 Å². The third kappa shape index (κ3) is 4.82. The summed E-state index contributed by atoms with van der Waals surface area (Å²) < 4.78 is 51.6. The normalized spacial score (nSPS) is 45.2. The maximum atomic E-state index is 13.6. The first-order valence-corrected chi connectivity index (χ1v) is 14.5. The number of carbonyl (C=O) groups is 2. The summed E-state index contributed by atoms with van der Waals surface area (Å²) in [6.07, 6.45) is 9.58. The topological polar surface area (TPSA) is 71.1 Å². The standard InChI is InChI=1S/C30H42F2O6/c1-17(2)25(33)37-30-11-20-5-21(12-30)9-28(8-20,15-30)16-35-18(3)36-24-22-6-19-7-23(24)14-29(10-19,13-22)38-26(34)27(4,31)32/h18-24H,1,5-16H2,2-4H3. The van der Waals surface area contributed by atoms with Crippen LogP contribution in [0.2, 0.25) is 0 Å². The molecule has 0 spiro atoms. The van der Waals surface area contributed by atoms with E-state index in [4.69, 9.17) is 18.9 Å². The number of carbonyl (C=O) groups excluding carboxylic acids is 2. The summed E-state index contributed by atoms with van der Waals surface area (Å²) in [5.41, 5.74) is -0.712. The Kier molecular flexibility index (Phi) is 6.31. The molecule has 8 rings (SSSR count). The van der Waals surface area contributed by atoms with E-state index >= 15 is 0 Å². The van der Waals surface area contributed by atoms with Crippen LogP contribution in [0.4, 0.5) is 8.78 Å². The maximum Gasteiger partial charge on any atom is 0.377 e. The molecule has 8 aliphatic rings. The molecule has 8 saturated carbocycles. The van der Waals surface area contributed by atoms with Crippen molar-refractivity contribution in [2.24, 2.45) is 35.0 Å². The molecule has 8 aliphatic carbocycles. The van der Waals surface area contributed by atoms with E-state index in [9.17, 15) is 18.4 Å². The molecular weight excluding hydrogens is 494 g/mol. The predicted molar refractivity (Wildman–Crippen MR) is 134 cm³/mol. The summed E-state index contributed by atoms with van der Waals surface area (Å²) in [6.45, 7) is 8.63. The molecule has 6 nitrogen and oxygen atoms in total. The number of rotatable bonds is 9. The van der Waals surface area contributed by atoms with Gasteiger partial charge in [0, 0.05) is 12.5 Å². The number of alkyl halides is 2. The van der Waals surface area contributed by atoms with Crippen LogP contribution in [0.25, 0.3) is 0 Å². The Morgan fingerprint density at radius 1 is 0.921 bits per heavy atom. The molecule has 0 aliphatic heterocycles. The van der Waals surface area contributed by atoms with Crippen molar-refractivity contribution in [2.45, 2.75) is 121 Å². The highest BCUT2D eigenvalue weighted by Gasteiger charge is 2.61. The molecular formula is C30H42F2O6. The zero-order valence-corrected chi connectivity index (χ0v) is 22.9. The van der Waals surface area contributed by atoms with Gasteiger partial charge in [0.1, 0.15) is 11.2 Å². The first-order chi connectivity index (χ1) is 17.8. The summed E-state index contributed by atoms with van der Waals surface area (Å²) in [5, 5.41) is 0. The van der Waals surface area contributed by atoms with Gasteiger partial charge in [-0.2, -0.15) is 8.78 Å².